The molecule has 0 aromatic carbocycles. The van der Waals surface area contributed by atoms with E-state index in [1.807, 2.05) is 0 Å². The van der Waals surface area contributed by atoms with Crippen molar-refractivity contribution >= 4 is 20.2 Å². The summed E-state index contributed by atoms with van der Waals surface area (Å²) >= 11 is 0. The third kappa shape index (κ3) is 3.39. The van der Waals surface area contributed by atoms with Gasteiger partial charge in [0.25, 0.3) is 0 Å². The van der Waals surface area contributed by atoms with Crippen LogP contribution in [0.4, 0.5) is 4.79 Å². The maximum atomic E-state index is 13.1. The van der Waals surface area contributed by atoms with Crippen LogP contribution in [0.15, 0.2) is 0 Å². The molecule has 3 rings (SSSR count). The maximum absolute atomic E-state index is 13.1. The summed E-state index contributed by atoms with van der Waals surface area (Å²) in [5, 5.41) is 2.93. The zero-order valence-corrected chi connectivity index (χ0v) is 17.8. The lowest BCUT2D eigenvalue weighted by atomic mass is 9.64. The van der Waals surface area contributed by atoms with Gasteiger partial charge < -0.3 is 14.5 Å². The Balaban J connectivity index is 2.45. The van der Waals surface area contributed by atoms with Crippen molar-refractivity contribution in [3.63, 3.8) is 0 Å². The zero-order valence-electron chi connectivity index (χ0n) is 16.8. The second-order valence-corrected chi connectivity index (χ2v) is 14.1. The standard InChI is InChI=1S/C19H35NO4Si/c1-12(2)25(13(3)4,14(5)6)24-19-9-8-15(11-17(19)21)10-16(19)20-18(22)23-7/h12-16H,8-11H2,1-7H3,(H,20,22)/t15-,16-,19+/m0/s1. The number of fused-ring (bicyclic) bond motifs is 3. The number of nitrogens with one attached hydrogen (secondary N) is 1. The molecule has 3 atom stereocenters. The molecule has 3 aliphatic rings. The van der Waals surface area contributed by atoms with E-state index in [0.29, 0.717) is 35.4 Å². The van der Waals surface area contributed by atoms with Crippen molar-refractivity contribution in [2.75, 3.05) is 7.11 Å². The minimum Gasteiger partial charge on any atom is -0.453 e. The molecule has 0 heterocycles. The molecule has 0 radical (unpaired) electrons. The fraction of sp³-hybridized carbons (Fsp3) is 0.895. The minimum absolute atomic E-state index is 0.176. The first-order valence-electron chi connectivity index (χ1n) is 9.68. The second kappa shape index (κ2) is 7.39. The first kappa shape index (κ1) is 20.4. The van der Waals surface area contributed by atoms with Crippen LogP contribution >= 0.6 is 0 Å². The van der Waals surface area contributed by atoms with Crippen molar-refractivity contribution in [1.82, 2.24) is 5.32 Å². The number of hydrogen-bond acceptors (Lipinski definition) is 4. The molecule has 3 saturated carbocycles. The maximum Gasteiger partial charge on any atom is 0.407 e. The highest BCUT2D eigenvalue weighted by Crippen LogP contribution is 2.51. The SMILES string of the molecule is COC(=O)N[C@H]1C[C@@H]2CC[C@]1(O[Si](C(C)C)(C(C)C)C(C)C)C(=O)C2. The molecule has 0 aromatic rings. The number of rotatable bonds is 6. The molecule has 2 bridgehead atoms. The van der Waals surface area contributed by atoms with Crippen LogP contribution in [0, 0.1) is 5.92 Å². The third-order valence-corrected chi connectivity index (χ3v) is 12.7. The highest BCUT2D eigenvalue weighted by Gasteiger charge is 2.60. The monoisotopic (exact) mass is 369 g/mol. The van der Waals surface area contributed by atoms with Crippen molar-refractivity contribution in [2.45, 2.75) is 95.5 Å². The third-order valence-electron chi connectivity index (χ3n) is 6.55. The molecular weight excluding hydrogens is 334 g/mol. The van der Waals surface area contributed by atoms with Gasteiger partial charge in [-0.05, 0) is 41.8 Å². The molecule has 0 aliphatic heterocycles. The van der Waals surface area contributed by atoms with E-state index in [2.05, 4.69) is 46.9 Å². The summed E-state index contributed by atoms with van der Waals surface area (Å²) in [6.45, 7) is 13.4. The average molecular weight is 370 g/mol. The van der Waals surface area contributed by atoms with Crippen molar-refractivity contribution in [3.8, 4) is 0 Å². The Kier molecular flexibility index (Phi) is 6.04. The van der Waals surface area contributed by atoms with Crippen LogP contribution in [0.1, 0.15) is 67.2 Å². The van der Waals surface area contributed by atoms with E-state index in [0.717, 1.165) is 12.8 Å². The summed E-state index contributed by atoms with van der Waals surface area (Å²) in [5.74, 6) is 0.531. The van der Waals surface area contributed by atoms with Gasteiger partial charge in [-0.3, -0.25) is 4.79 Å². The van der Waals surface area contributed by atoms with Gasteiger partial charge in [0, 0.05) is 6.42 Å². The van der Waals surface area contributed by atoms with Gasteiger partial charge in [-0.1, -0.05) is 41.5 Å². The van der Waals surface area contributed by atoms with E-state index < -0.39 is 20.0 Å². The van der Waals surface area contributed by atoms with Crippen LogP contribution in [0.5, 0.6) is 0 Å². The molecule has 1 amide bonds. The average Bonchev–Trinajstić information content (AvgIpc) is 2.52. The number of ether oxygens (including phenoxy) is 1. The van der Waals surface area contributed by atoms with Gasteiger partial charge in [-0.25, -0.2) is 4.79 Å². The van der Waals surface area contributed by atoms with Crippen molar-refractivity contribution in [3.05, 3.63) is 0 Å². The molecule has 0 aromatic heterocycles. The molecule has 3 fully saturated rings. The van der Waals surface area contributed by atoms with Gasteiger partial charge in [0.05, 0.1) is 13.2 Å². The Labute approximate surface area is 153 Å². The number of methoxy groups -OCH3 is 1. The number of ketones is 1. The van der Waals surface area contributed by atoms with E-state index in [1.54, 1.807) is 0 Å². The summed E-state index contributed by atoms with van der Waals surface area (Å²) in [7, 11) is -0.879. The largest absolute Gasteiger partial charge is 0.453 e. The molecule has 6 heteroatoms. The lowest BCUT2D eigenvalue weighted by molar-refractivity contribution is -0.152. The predicted octanol–water partition coefficient (Wildman–Crippen LogP) is 4.41. The lowest BCUT2D eigenvalue weighted by Gasteiger charge is -2.56. The Morgan fingerprint density at radius 3 is 2.16 bits per heavy atom. The van der Waals surface area contributed by atoms with Gasteiger partial charge in [0.1, 0.15) is 5.60 Å². The Bertz CT molecular complexity index is 498. The van der Waals surface area contributed by atoms with Crippen LogP contribution in [0.3, 0.4) is 0 Å². The van der Waals surface area contributed by atoms with E-state index in [1.165, 1.54) is 7.11 Å². The first-order valence-corrected chi connectivity index (χ1v) is 11.8. The fourth-order valence-electron chi connectivity index (χ4n) is 5.41. The van der Waals surface area contributed by atoms with Gasteiger partial charge in [-0.2, -0.15) is 0 Å². The number of alkyl carbamates (subject to hydrolysis) is 1. The quantitative estimate of drug-likeness (QED) is 0.704. The highest BCUT2D eigenvalue weighted by molar-refractivity contribution is 6.77. The van der Waals surface area contributed by atoms with Gasteiger partial charge >= 0.3 is 6.09 Å². The van der Waals surface area contributed by atoms with Crippen LogP contribution in [-0.2, 0) is 14.0 Å². The molecule has 5 nitrogen and oxygen atoms in total. The summed E-state index contributed by atoms with van der Waals surface area (Å²) in [4.78, 5) is 25.0. The fourth-order valence-corrected chi connectivity index (χ4v) is 11.1. The van der Waals surface area contributed by atoms with Crippen LogP contribution < -0.4 is 5.32 Å². The molecule has 0 unspecified atom stereocenters. The lowest BCUT2D eigenvalue weighted by Crippen LogP contribution is -2.69. The summed E-state index contributed by atoms with van der Waals surface area (Å²) in [6.07, 6.45) is 2.63. The van der Waals surface area contributed by atoms with Crippen LogP contribution in [0.25, 0.3) is 0 Å². The Hall–Kier alpha value is -0.883. The smallest absolute Gasteiger partial charge is 0.407 e. The van der Waals surface area contributed by atoms with Crippen molar-refractivity contribution < 1.29 is 18.8 Å². The normalized spacial score (nSPS) is 29.6. The molecule has 0 spiro atoms. The molecule has 3 aliphatic carbocycles. The summed E-state index contributed by atoms with van der Waals surface area (Å²) in [5.41, 5.74) is 0.322. The van der Waals surface area contributed by atoms with Gasteiger partial charge in [-0.15, -0.1) is 0 Å². The summed E-state index contributed by atoms with van der Waals surface area (Å²) in [6, 6.07) is -0.275. The number of carbonyl (C=O) groups is 2. The van der Waals surface area contributed by atoms with Crippen molar-refractivity contribution in [2.24, 2.45) is 5.92 Å². The minimum atomic E-state index is -2.24. The number of carbonyl (C=O) groups excluding carboxylic acids is 2. The Morgan fingerprint density at radius 1 is 1.16 bits per heavy atom. The van der Waals surface area contributed by atoms with Gasteiger partial charge in [0.15, 0.2) is 5.78 Å². The van der Waals surface area contributed by atoms with E-state index in [4.69, 9.17) is 9.16 Å². The molecule has 0 saturated heterocycles. The number of Topliss-reactive ketones (excluding diaryl/α,β-unsaturated/α-hetero) is 1. The van der Waals surface area contributed by atoms with E-state index in [-0.39, 0.29) is 11.8 Å². The van der Waals surface area contributed by atoms with Crippen LogP contribution in [-0.4, -0.2) is 38.9 Å². The van der Waals surface area contributed by atoms with E-state index >= 15 is 0 Å². The molecule has 144 valence electrons. The number of amides is 1. The first-order chi connectivity index (χ1) is 11.6. The second-order valence-electron chi connectivity index (χ2n) is 8.77. The molecule has 1 N–H and O–H groups in total. The number of hydrogen-bond donors (Lipinski definition) is 1. The summed E-state index contributed by atoms with van der Waals surface area (Å²) < 4.78 is 11.8. The van der Waals surface area contributed by atoms with Crippen LogP contribution in [0.2, 0.25) is 16.6 Å². The van der Waals surface area contributed by atoms with E-state index in [9.17, 15) is 9.59 Å². The van der Waals surface area contributed by atoms with Gasteiger partial charge in [0.2, 0.25) is 8.32 Å². The zero-order chi connectivity index (χ0) is 19.0. The Morgan fingerprint density at radius 2 is 1.72 bits per heavy atom. The predicted molar refractivity (Wildman–Crippen MR) is 101 cm³/mol. The van der Waals surface area contributed by atoms with Crippen molar-refractivity contribution in [1.29, 1.82) is 0 Å². The highest BCUT2D eigenvalue weighted by atomic mass is 28.4. The molecule has 25 heavy (non-hydrogen) atoms. The topological polar surface area (TPSA) is 64.6 Å². The molecular formula is C19H35NO4Si.